The van der Waals surface area contributed by atoms with Crippen LogP contribution in [0.15, 0.2) is 18.3 Å². The van der Waals surface area contributed by atoms with E-state index in [1.807, 2.05) is 0 Å². The number of amides is 1. The molecule has 3 heteroatoms. The Morgan fingerprint density at radius 1 is 1.50 bits per heavy atom. The molecule has 1 heterocycles. The Morgan fingerprint density at radius 2 is 2.25 bits per heavy atom. The molecule has 1 amide bonds. The van der Waals surface area contributed by atoms with E-state index in [-0.39, 0.29) is 5.91 Å². The molecule has 0 saturated heterocycles. The Balaban J connectivity index is 2.64. The zero-order valence-corrected chi connectivity index (χ0v) is 10.1. The number of carbonyl (C=O) groups excluding carboxylic acids is 1. The van der Waals surface area contributed by atoms with Crippen molar-refractivity contribution in [1.29, 1.82) is 0 Å². The molecule has 3 nitrogen and oxygen atoms in total. The first-order valence-corrected chi connectivity index (χ1v) is 5.91. The van der Waals surface area contributed by atoms with Gasteiger partial charge in [-0.2, -0.15) is 0 Å². The number of hydrogen-bond donors (Lipinski definition) is 1. The number of pyridine rings is 1. The zero-order valence-electron chi connectivity index (χ0n) is 10.1. The number of aromatic nitrogens is 1. The maximum absolute atomic E-state index is 11.0. The minimum absolute atomic E-state index is 0.385. The monoisotopic (exact) mass is 220 g/mol. The molecule has 0 aliphatic carbocycles. The van der Waals surface area contributed by atoms with E-state index in [9.17, 15) is 4.79 Å². The lowest BCUT2D eigenvalue weighted by atomic mass is 9.98. The van der Waals surface area contributed by atoms with Gasteiger partial charge in [0.2, 0.25) is 5.91 Å². The molecule has 1 unspecified atom stereocenters. The molecular weight excluding hydrogens is 200 g/mol. The van der Waals surface area contributed by atoms with Crippen LogP contribution in [-0.2, 0) is 0 Å². The van der Waals surface area contributed by atoms with Gasteiger partial charge in [-0.3, -0.25) is 9.78 Å². The smallest absolute Gasteiger partial charge is 0.248 e. The molecule has 0 saturated carbocycles. The van der Waals surface area contributed by atoms with E-state index in [0.29, 0.717) is 11.5 Å². The predicted molar refractivity (Wildman–Crippen MR) is 65.3 cm³/mol. The SMILES string of the molecule is CCCCCC(C)c1cc(C(N)=O)ccn1. The number of hydrogen-bond acceptors (Lipinski definition) is 2. The van der Waals surface area contributed by atoms with Crippen LogP contribution in [0.25, 0.3) is 0 Å². The van der Waals surface area contributed by atoms with Crippen LogP contribution in [0.2, 0.25) is 0 Å². The molecular formula is C13H20N2O. The van der Waals surface area contributed by atoms with Crippen molar-refractivity contribution < 1.29 is 4.79 Å². The number of carbonyl (C=O) groups is 1. The van der Waals surface area contributed by atoms with Crippen molar-refractivity contribution in [3.63, 3.8) is 0 Å². The van der Waals surface area contributed by atoms with Gasteiger partial charge >= 0.3 is 0 Å². The quantitative estimate of drug-likeness (QED) is 0.749. The van der Waals surface area contributed by atoms with Gasteiger partial charge in [-0.05, 0) is 24.5 Å². The van der Waals surface area contributed by atoms with Crippen LogP contribution in [0.3, 0.4) is 0 Å². The zero-order chi connectivity index (χ0) is 12.0. The minimum atomic E-state index is -0.385. The minimum Gasteiger partial charge on any atom is -0.366 e. The first-order valence-electron chi connectivity index (χ1n) is 5.91. The van der Waals surface area contributed by atoms with Crippen LogP contribution < -0.4 is 5.73 Å². The molecule has 1 rings (SSSR count). The lowest BCUT2D eigenvalue weighted by molar-refractivity contribution is 0.1000. The Morgan fingerprint density at radius 3 is 2.88 bits per heavy atom. The molecule has 0 fully saturated rings. The van der Waals surface area contributed by atoms with E-state index in [1.165, 1.54) is 19.3 Å². The van der Waals surface area contributed by atoms with Gasteiger partial charge in [0.1, 0.15) is 0 Å². The van der Waals surface area contributed by atoms with Crippen LogP contribution in [0.4, 0.5) is 0 Å². The fourth-order valence-corrected chi connectivity index (χ4v) is 1.72. The standard InChI is InChI=1S/C13H20N2O/c1-3-4-5-6-10(2)12-9-11(13(14)16)7-8-15-12/h7-10H,3-6H2,1-2H3,(H2,14,16). The summed E-state index contributed by atoms with van der Waals surface area (Å²) < 4.78 is 0. The van der Waals surface area contributed by atoms with Gasteiger partial charge in [-0.25, -0.2) is 0 Å². The average Bonchev–Trinajstić information content (AvgIpc) is 2.29. The largest absolute Gasteiger partial charge is 0.366 e. The Hall–Kier alpha value is -1.38. The molecule has 88 valence electrons. The summed E-state index contributed by atoms with van der Waals surface area (Å²) >= 11 is 0. The second kappa shape index (κ2) is 6.26. The number of nitrogens with zero attached hydrogens (tertiary/aromatic N) is 1. The second-order valence-electron chi connectivity index (χ2n) is 4.23. The van der Waals surface area contributed by atoms with Crippen molar-refractivity contribution >= 4 is 5.91 Å². The highest BCUT2D eigenvalue weighted by Gasteiger charge is 2.09. The summed E-state index contributed by atoms with van der Waals surface area (Å²) in [5.41, 5.74) is 6.75. The van der Waals surface area contributed by atoms with Crippen molar-refractivity contribution in [3.05, 3.63) is 29.6 Å². The van der Waals surface area contributed by atoms with Crippen LogP contribution in [0.1, 0.15) is 61.5 Å². The van der Waals surface area contributed by atoms with E-state index in [4.69, 9.17) is 5.73 Å². The van der Waals surface area contributed by atoms with Gasteiger partial charge in [0.25, 0.3) is 0 Å². The number of primary amides is 1. The highest BCUT2D eigenvalue weighted by molar-refractivity contribution is 5.92. The molecule has 0 radical (unpaired) electrons. The first kappa shape index (κ1) is 12.7. The third-order valence-corrected chi connectivity index (χ3v) is 2.81. The van der Waals surface area contributed by atoms with Crippen molar-refractivity contribution in [2.24, 2.45) is 5.73 Å². The lowest BCUT2D eigenvalue weighted by Crippen LogP contribution is -2.12. The van der Waals surface area contributed by atoms with Crippen LogP contribution in [0, 0.1) is 0 Å². The summed E-state index contributed by atoms with van der Waals surface area (Å²) in [5.74, 6) is 0.00950. The number of unbranched alkanes of at least 4 members (excludes halogenated alkanes) is 2. The van der Waals surface area contributed by atoms with Gasteiger partial charge in [0.15, 0.2) is 0 Å². The molecule has 0 aromatic carbocycles. The summed E-state index contributed by atoms with van der Waals surface area (Å²) in [6, 6.07) is 3.46. The van der Waals surface area contributed by atoms with E-state index in [2.05, 4.69) is 18.8 Å². The fourth-order valence-electron chi connectivity index (χ4n) is 1.72. The summed E-state index contributed by atoms with van der Waals surface area (Å²) in [6.07, 6.45) is 6.45. The Labute approximate surface area is 97.1 Å². The molecule has 0 bridgehead atoms. The van der Waals surface area contributed by atoms with Gasteiger partial charge < -0.3 is 5.73 Å². The molecule has 0 aliphatic heterocycles. The van der Waals surface area contributed by atoms with Crippen LogP contribution >= 0.6 is 0 Å². The average molecular weight is 220 g/mol. The van der Waals surface area contributed by atoms with Gasteiger partial charge in [-0.1, -0.05) is 33.1 Å². The van der Waals surface area contributed by atoms with Crippen molar-refractivity contribution in [3.8, 4) is 0 Å². The predicted octanol–water partition coefficient (Wildman–Crippen LogP) is 2.86. The van der Waals surface area contributed by atoms with Crippen molar-refractivity contribution in [1.82, 2.24) is 4.98 Å². The third-order valence-electron chi connectivity index (χ3n) is 2.81. The summed E-state index contributed by atoms with van der Waals surface area (Å²) in [7, 11) is 0. The summed E-state index contributed by atoms with van der Waals surface area (Å²) in [4.78, 5) is 15.3. The van der Waals surface area contributed by atoms with Crippen LogP contribution in [0.5, 0.6) is 0 Å². The highest BCUT2D eigenvalue weighted by Crippen LogP contribution is 2.20. The molecule has 2 N–H and O–H groups in total. The second-order valence-corrected chi connectivity index (χ2v) is 4.23. The number of rotatable bonds is 6. The fraction of sp³-hybridized carbons (Fsp3) is 0.538. The van der Waals surface area contributed by atoms with E-state index in [0.717, 1.165) is 12.1 Å². The Bertz CT molecular complexity index is 350. The van der Waals surface area contributed by atoms with Gasteiger partial charge in [0, 0.05) is 17.5 Å². The van der Waals surface area contributed by atoms with Gasteiger partial charge in [-0.15, -0.1) is 0 Å². The molecule has 16 heavy (non-hydrogen) atoms. The molecule has 1 atom stereocenters. The maximum Gasteiger partial charge on any atom is 0.248 e. The summed E-state index contributed by atoms with van der Waals surface area (Å²) in [5, 5.41) is 0. The molecule has 0 spiro atoms. The van der Waals surface area contributed by atoms with Crippen LogP contribution in [-0.4, -0.2) is 10.9 Å². The molecule has 1 aromatic heterocycles. The summed E-state index contributed by atoms with van der Waals surface area (Å²) in [6.45, 7) is 4.33. The topological polar surface area (TPSA) is 56.0 Å². The van der Waals surface area contributed by atoms with E-state index >= 15 is 0 Å². The maximum atomic E-state index is 11.0. The van der Waals surface area contributed by atoms with Gasteiger partial charge in [0.05, 0.1) is 0 Å². The van der Waals surface area contributed by atoms with Crippen molar-refractivity contribution in [2.45, 2.75) is 45.4 Å². The Kier molecular flexibility index (Phi) is 4.96. The molecule has 0 aliphatic rings. The normalized spacial score (nSPS) is 12.4. The third kappa shape index (κ3) is 3.65. The van der Waals surface area contributed by atoms with Crippen molar-refractivity contribution in [2.75, 3.05) is 0 Å². The lowest BCUT2D eigenvalue weighted by Gasteiger charge is -2.10. The van der Waals surface area contributed by atoms with E-state index < -0.39 is 0 Å². The first-order chi connectivity index (χ1) is 7.65. The highest BCUT2D eigenvalue weighted by atomic mass is 16.1. The molecule has 1 aromatic rings. The van der Waals surface area contributed by atoms with E-state index in [1.54, 1.807) is 18.3 Å². The number of nitrogens with two attached hydrogens (primary N) is 1.